The third-order valence-electron chi connectivity index (χ3n) is 5.12. The maximum Gasteiger partial charge on any atom is 0.338 e. The molecule has 1 N–H and O–H groups in total. The lowest BCUT2D eigenvalue weighted by Crippen LogP contribution is -2.39. The van der Waals surface area contributed by atoms with Crippen molar-refractivity contribution in [1.82, 2.24) is 14.6 Å². The molecule has 0 amide bonds. The number of thiazole rings is 1. The average molecular weight is 499 g/mol. The summed E-state index contributed by atoms with van der Waals surface area (Å²) in [6.45, 7) is 2.18. The third-order valence-corrected chi connectivity index (χ3v) is 7.11. The van der Waals surface area contributed by atoms with E-state index >= 15 is 0 Å². The minimum atomic E-state index is -3.48. The van der Waals surface area contributed by atoms with Crippen LogP contribution in [0.3, 0.4) is 0 Å². The smallest absolute Gasteiger partial charge is 0.338 e. The number of aromatic nitrogens is 1. The topological polar surface area (TPSA) is 101 Å². The van der Waals surface area contributed by atoms with Crippen LogP contribution in [0.5, 0.6) is 0 Å². The van der Waals surface area contributed by atoms with E-state index in [1.165, 1.54) is 30.6 Å². The van der Waals surface area contributed by atoms with E-state index in [2.05, 4.69) is 9.71 Å². The zero-order valence-corrected chi connectivity index (χ0v) is 19.8. The van der Waals surface area contributed by atoms with Crippen molar-refractivity contribution in [2.24, 2.45) is 4.99 Å². The Morgan fingerprint density at radius 2 is 2.16 bits per heavy atom. The van der Waals surface area contributed by atoms with Crippen LogP contribution in [0.1, 0.15) is 27.9 Å². The molecule has 0 spiro atoms. The van der Waals surface area contributed by atoms with Gasteiger partial charge in [0.05, 0.1) is 18.9 Å². The number of hydrogen-bond acceptors (Lipinski definition) is 8. The van der Waals surface area contributed by atoms with E-state index in [0.717, 1.165) is 17.2 Å². The molecule has 32 heavy (non-hydrogen) atoms. The van der Waals surface area contributed by atoms with Crippen LogP contribution in [0, 0.1) is 12.7 Å². The van der Waals surface area contributed by atoms with E-state index in [-0.39, 0.29) is 23.6 Å². The highest BCUT2D eigenvalue weighted by atomic mass is 35.5. The van der Waals surface area contributed by atoms with E-state index in [0.29, 0.717) is 22.1 Å². The molecule has 2 aromatic rings. The van der Waals surface area contributed by atoms with Crippen molar-refractivity contribution in [2.45, 2.75) is 25.4 Å². The summed E-state index contributed by atoms with van der Waals surface area (Å²) in [6, 6.07) is 2.55. The number of methoxy groups -OCH3 is 1. The van der Waals surface area contributed by atoms with Gasteiger partial charge in [0, 0.05) is 46.4 Å². The van der Waals surface area contributed by atoms with Gasteiger partial charge in [-0.1, -0.05) is 17.7 Å². The van der Waals surface area contributed by atoms with Crippen molar-refractivity contribution in [1.29, 1.82) is 0 Å². The summed E-state index contributed by atoms with van der Waals surface area (Å²) in [5.74, 6) is -0.635. The van der Waals surface area contributed by atoms with Crippen LogP contribution in [0.2, 0.25) is 5.02 Å². The number of aryl methyl sites for hydroxylation is 1. The van der Waals surface area contributed by atoms with Crippen LogP contribution in [0.15, 0.2) is 40.7 Å². The maximum atomic E-state index is 13.7. The number of halogens is 2. The number of rotatable bonds is 5. The van der Waals surface area contributed by atoms with Gasteiger partial charge < -0.3 is 9.64 Å². The number of carbonyl (C=O) groups excluding carboxylic acids is 1. The molecule has 3 heterocycles. The predicted molar refractivity (Wildman–Crippen MR) is 120 cm³/mol. The lowest BCUT2D eigenvalue weighted by molar-refractivity contribution is -0.136. The Hall–Kier alpha value is -2.34. The number of nitrogens with one attached hydrogen (secondary N) is 1. The Labute approximate surface area is 193 Å². The first-order valence-corrected chi connectivity index (χ1v) is 12.7. The number of nitrogens with zero attached hydrogens (tertiary/aromatic N) is 3. The van der Waals surface area contributed by atoms with Crippen molar-refractivity contribution in [3.05, 3.63) is 62.0 Å². The van der Waals surface area contributed by atoms with Gasteiger partial charge in [0.15, 0.2) is 10.8 Å². The van der Waals surface area contributed by atoms with Gasteiger partial charge in [-0.3, -0.25) is 4.99 Å². The molecule has 0 aliphatic carbocycles. The van der Waals surface area contributed by atoms with Crippen LogP contribution in [-0.4, -0.2) is 56.1 Å². The fraction of sp³-hybridized carbons (Fsp3) is 0.350. The van der Waals surface area contributed by atoms with Crippen LogP contribution < -0.4 is 4.72 Å². The molecule has 1 aromatic heterocycles. The first-order chi connectivity index (χ1) is 15.1. The van der Waals surface area contributed by atoms with Gasteiger partial charge in [0.25, 0.3) is 0 Å². The summed E-state index contributed by atoms with van der Waals surface area (Å²) in [7, 11) is -2.22. The number of aliphatic imine (C=N–C) groups is 1. The fourth-order valence-electron chi connectivity index (χ4n) is 3.92. The molecule has 1 aromatic carbocycles. The monoisotopic (exact) mass is 498 g/mol. The van der Waals surface area contributed by atoms with Gasteiger partial charge >= 0.3 is 5.97 Å². The summed E-state index contributed by atoms with van der Waals surface area (Å²) in [5, 5.41) is 0.736. The molecule has 170 valence electrons. The first-order valence-electron chi connectivity index (χ1n) is 9.59. The molecule has 12 heteroatoms. The molecule has 2 aliphatic rings. The molecule has 1 saturated heterocycles. The average Bonchev–Trinajstić information content (AvgIpc) is 3.31. The van der Waals surface area contributed by atoms with Crippen LogP contribution >= 0.6 is 22.9 Å². The molecule has 0 radical (unpaired) electrons. The highest BCUT2D eigenvalue weighted by Gasteiger charge is 2.43. The lowest BCUT2D eigenvalue weighted by Gasteiger charge is -2.31. The number of benzene rings is 1. The summed E-state index contributed by atoms with van der Waals surface area (Å²) < 4.78 is 45.0. The number of esters is 1. The molecule has 2 atom stereocenters. The normalized spacial score (nSPS) is 20.9. The van der Waals surface area contributed by atoms with E-state index in [1.54, 1.807) is 11.1 Å². The summed E-state index contributed by atoms with van der Waals surface area (Å²) in [6.07, 6.45) is 3.04. The Morgan fingerprint density at radius 1 is 1.41 bits per heavy atom. The van der Waals surface area contributed by atoms with Gasteiger partial charge in [-0.05, 0) is 19.1 Å². The number of carbonyl (C=O) groups is 1. The van der Waals surface area contributed by atoms with Crippen molar-refractivity contribution in [2.75, 3.05) is 19.9 Å². The van der Waals surface area contributed by atoms with E-state index in [1.807, 2.05) is 6.92 Å². The molecule has 4 rings (SSSR count). The van der Waals surface area contributed by atoms with E-state index in [4.69, 9.17) is 21.3 Å². The second kappa shape index (κ2) is 8.54. The summed E-state index contributed by atoms with van der Waals surface area (Å²) >= 11 is 7.75. The van der Waals surface area contributed by atoms with Crippen molar-refractivity contribution in [3.8, 4) is 0 Å². The highest BCUT2D eigenvalue weighted by Crippen LogP contribution is 2.42. The molecule has 0 bridgehead atoms. The number of sulfonamides is 1. The molecular formula is C20H20ClFN4O4S2. The maximum absolute atomic E-state index is 13.7. The third kappa shape index (κ3) is 4.42. The van der Waals surface area contributed by atoms with Crippen molar-refractivity contribution < 1.29 is 22.3 Å². The number of hydrogen-bond donors (Lipinski definition) is 1. The Kier molecular flexibility index (Phi) is 6.10. The molecule has 8 nitrogen and oxygen atoms in total. The fourth-order valence-corrected chi connectivity index (χ4v) is 5.72. The number of ether oxygens (including phenoxy) is 1. The molecule has 1 fully saturated rings. The molecule has 2 aliphatic heterocycles. The number of amidine groups is 1. The van der Waals surface area contributed by atoms with Crippen molar-refractivity contribution in [3.63, 3.8) is 0 Å². The quantitative estimate of drug-likeness (QED) is 0.636. The van der Waals surface area contributed by atoms with Crippen LogP contribution in [-0.2, 0) is 19.6 Å². The largest absolute Gasteiger partial charge is 0.466 e. The number of fused-ring (bicyclic) bond motifs is 1. The predicted octanol–water partition coefficient (Wildman–Crippen LogP) is 2.80. The van der Waals surface area contributed by atoms with Gasteiger partial charge in [-0.15, -0.1) is 11.3 Å². The molecule has 0 unspecified atom stereocenters. The van der Waals surface area contributed by atoms with Gasteiger partial charge in [0.2, 0.25) is 10.0 Å². The highest BCUT2D eigenvalue weighted by molar-refractivity contribution is 7.88. The second-order valence-corrected chi connectivity index (χ2v) is 11.0. The Balaban J connectivity index is 1.91. The van der Waals surface area contributed by atoms with Crippen LogP contribution in [0.4, 0.5) is 4.39 Å². The van der Waals surface area contributed by atoms with E-state index in [9.17, 15) is 17.6 Å². The summed E-state index contributed by atoms with van der Waals surface area (Å²) in [5.41, 5.74) is 1.24. The SMILES string of the molecule is COC(=O)C1=C2C[C@H](NS(C)(=O)=O)CN2C(c2ncc(C)s2)=N[C@@H]1c1ccc(F)cc1Cl. The Morgan fingerprint density at radius 3 is 2.75 bits per heavy atom. The van der Waals surface area contributed by atoms with Gasteiger partial charge in [0.1, 0.15) is 11.9 Å². The molecule has 0 saturated carbocycles. The minimum Gasteiger partial charge on any atom is -0.466 e. The van der Waals surface area contributed by atoms with Crippen LogP contribution in [0.25, 0.3) is 0 Å². The summed E-state index contributed by atoms with van der Waals surface area (Å²) in [4.78, 5) is 24.9. The zero-order chi connectivity index (χ0) is 23.2. The zero-order valence-electron chi connectivity index (χ0n) is 17.4. The molecular weight excluding hydrogens is 479 g/mol. The van der Waals surface area contributed by atoms with Gasteiger partial charge in [-0.25, -0.2) is 27.3 Å². The first kappa shape index (κ1) is 22.8. The lowest BCUT2D eigenvalue weighted by atomic mass is 9.94. The Bertz CT molecular complexity index is 1260. The minimum absolute atomic E-state index is 0.118. The van der Waals surface area contributed by atoms with E-state index < -0.39 is 33.9 Å². The van der Waals surface area contributed by atoms with Gasteiger partial charge in [-0.2, -0.15) is 0 Å². The standard InChI is InChI=1S/C20H20ClFN4O4S2/c1-10-8-23-19(31-10)18-24-17(13-5-4-11(22)6-14(13)21)16(20(27)30-2)15-7-12(9-26(15)18)25-32(3,28)29/h4-6,8,12,17,25H,7,9H2,1-3H3/t12-,17+/m0/s1. The van der Waals surface area contributed by atoms with Crippen molar-refractivity contribution >= 4 is 44.8 Å². The second-order valence-electron chi connectivity index (χ2n) is 7.55.